The Morgan fingerprint density at radius 1 is 1.19 bits per heavy atom. The third-order valence-electron chi connectivity index (χ3n) is 2.72. The third kappa shape index (κ3) is 3.40. The van der Waals surface area contributed by atoms with Crippen LogP contribution >= 0.6 is 34.8 Å². The Morgan fingerprint density at radius 2 is 1.86 bits per heavy atom. The Labute approximate surface area is 137 Å². The van der Waals surface area contributed by atoms with Crippen molar-refractivity contribution in [2.45, 2.75) is 18.7 Å². The second kappa shape index (κ2) is 5.96. The lowest BCUT2D eigenvalue weighted by atomic mass is 10.2. The fourth-order valence-corrected chi connectivity index (χ4v) is 4.08. The minimum Gasteiger partial charge on any atom is -0.263 e. The van der Waals surface area contributed by atoms with Gasteiger partial charge in [0.25, 0.3) is 10.0 Å². The zero-order valence-electron chi connectivity index (χ0n) is 11.0. The predicted molar refractivity (Wildman–Crippen MR) is 83.8 cm³/mol. The molecule has 0 bridgehead atoms. The van der Waals surface area contributed by atoms with E-state index in [0.29, 0.717) is 16.1 Å². The van der Waals surface area contributed by atoms with Crippen molar-refractivity contribution in [3.8, 4) is 0 Å². The molecule has 0 aliphatic heterocycles. The summed E-state index contributed by atoms with van der Waals surface area (Å²) in [7, 11) is -3.95. The Kier molecular flexibility index (Phi) is 4.63. The maximum atomic E-state index is 12.5. The van der Waals surface area contributed by atoms with E-state index in [1.165, 1.54) is 12.3 Å². The van der Waals surface area contributed by atoms with Crippen LogP contribution in [0.2, 0.25) is 15.3 Å². The first-order valence-corrected chi connectivity index (χ1v) is 8.30. The molecule has 5 nitrogen and oxygen atoms in total. The van der Waals surface area contributed by atoms with Crippen LogP contribution in [0.4, 0.5) is 5.82 Å². The van der Waals surface area contributed by atoms with Crippen molar-refractivity contribution in [3.05, 3.63) is 44.8 Å². The average Bonchev–Trinajstić information content (AvgIpc) is 2.35. The van der Waals surface area contributed by atoms with E-state index in [-0.39, 0.29) is 21.0 Å². The van der Waals surface area contributed by atoms with E-state index in [1.54, 1.807) is 19.9 Å². The topological polar surface area (TPSA) is 72.0 Å². The molecule has 2 aromatic rings. The molecule has 2 rings (SSSR count). The van der Waals surface area contributed by atoms with Crippen LogP contribution in [-0.4, -0.2) is 18.4 Å². The lowest BCUT2D eigenvalue weighted by Crippen LogP contribution is -2.16. The molecule has 0 aliphatic carbocycles. The summed E-state index contributed by atoms with van der Waals surface area (Å²) in [6.45, 7) is 3.25. The third-order valence-corrected chi connectivity index (χ3v) is 5.42. The quantitative estimate of drug-likeness (QED) is 0.837. The number of aryl methyl sites for hydroxylation is 1. The smallest absolute Gasteiger partial charge is 0.263 e. The Hall–Kier alpha value is -1.08. The van der Waals surface area contributed by atoms with E-state index in [4.69, 9.17) is 34.8 Å². The second-order valence-electron chi connectivity index (χ2n) is 4.26. The normalized spacial score (nSPS) is 11.5. The Morgan fingerprint density at radius 3 is 2.48 bits per heavy atom. The Bertz CT molecular complexity index is 783. The summed E-state index contributed by atoms with van der Waals surface area (Å²) in [5, 5.41) is 0.364. The van der Waals surface area contributed by atoms with Crippen LogP contribution in [-0.2, 0) is 10.0 Å². The molecular weight excluding hydrogens is 357 g/mol. The summed E-state index contributed by atoms with van der Waals surface area (Å²) in [6.07, 6.45) is 1.34. The number of benzene rings is 1. The first-order valence-electron chi connectivity index (χ1n) is 5.69. The average molecular weight is 367 g/mol. The molecule has 112 valence electrons. The van der Waals surface area contributed by atoms with Gasteiger partial charge in [-0.2, -0.15) is 4.98 Å². The van der Waals surface area contributed by atoms with Crippen LogP contribution in [0, 0.1) is 13.8 Å². The molecule has 1 aromatic carbocycles. The summed E-state index contributed by atoms with van der Waals surface area (Å²) < 4.78 is 27.3. The van der Waals surface area contributed by atoms with Gasteiger partial charge < -0.3 is 0 Å². The summed E-state index contributed by atoms with van der Waals surface area (Å²) in [4.78, 5) is 7.37. The molecule has 0 saturated carbocycles. The molecule has 0 saturated heterocycles. The zero-order chi connectivity index (χ0) is 15.8. The highest BCUT2D eigenvalue weighted by molar-refractivity contribution is 7.92. The number of nitrogens with one attached hydrogen (secondary N) is 1. The monoisotopic (exact) mass is 365 g/mol. The zero-order valence-corrected chi connectivity index (χ0v) is 14.1. The maximum Gasteiger partial charge on any atom is 0.264 e. The van der Waals surface area contributed by atoms with Crippen LogP contribution in [0.25, 0.3) is 0 Å². The Balaban J connectivity index is 2.55. The largest absolute Gasteiger partial charge is 0.264 e. The number of sulfonamides is 1. The highest BCUT2D eigenvalue weighted by Crippen LogP contribution is 2.34. The molecule has 1 heterocycles. The molecule has 9 heteroatoms. The van der Waals surface area contributed by atoms with Crippen molar-refractivity contribution in [1.82, 2.24) is 9.97 Å². The van der Waals surface area contributed by atoms with Crippen molar-refractivity contribution in [2.24, 2.45) is 0 Å². The van der Waals surface area contributed by atoms with E-state index in [2.05, 4.69) is 14.7 Å². The summed E-state index contributed by atoms with van der Waals surface area (Å²) in [5.74, 6) is 0.0445. The minimum absolute atomic E-state index is 0.0445. The fraction of sp³-hybridized carbons (Fsp3) is 0.167. The number of halogens is 3. The van der Waals surface area contributed by atoms with Gasteiger partial charge >= 0.3 is 0 Å². The van der Waals surface area contributed by atoms with Crippen LogP contribution in [0.5, 0.6) is 0 Å². The maximum absolute atomic E-state index is 12.5. The van der Waals surface area contributed by atoms with Crippen LogP contribution < -0.4 is 4.72 Å². The summed E-state index contributed by atoms with van der Waals surface area (Å²) >= 11 is 17.8. The van der Waals surface area contributed by atoms with Gasteiger partial charge in [0.05, 0.1) is 5.02 Å². The summed E-state index contributed by atoms with van der Waals surface area (Å²) in [5.41, 5.74) is 0.924. The molecule has 0 aliphatic rings. The minimum atomic E-state index is -3.95. The first kappa shape index (κ1) is 16.3. The number of hydrogen-bond donors (Lipinski definition) is 1. The van der Waals surface area contributed by atoms with Crippen molar-refractivity contribution in [1.29, 1.82) is 0 Å². The molecule has 21 heavy (non-hydrogen) atoms. The lowest BCUT2D eigenvalue weighted by Gasteiger charge is -2.14. The molecule has 0 atom stereocenters. The van der Waals surface area contributed by atoms with Gasteiger partial charge in [0.1, 0.15) is 10.7 Å². The standard InChI is InChI=1S/C12H10Cl3N3O2S/c1-6-5-8(13)7(2)11(10(6)14)21(19,20)18-9-3-4-16-12(15)17-9/h3-5H,1-2H3,(H,16,17,18). The molecule has 0 unspecified atom stereocenters. The van der Waals surface area contributed by atoms with Crippen LogP contribution in [0.3, 0.4) is 0 Å². The van der Waals surface area contributed by atoms with E-state index in [9.17, 15) is 8.42 Å². The van der Waals surface area contributed by atoms with E-state index in [1.807, 2.05) is 0 Å². The van der Waals surface area contributed by atoms with Gasteiger partial charge in [0, 0.05) is 11.2 Å². The van der Waals surface area contributed by atoms with Gasteiger partial charge in [-0.15, -0.1) is 0 Å². The SMILES string of the molecule is Cc1cc(Cl)c(C)c(S(=O)(=O)Nc2ccnc(Cl)n2)c1Cl. The van der Waals surface area contributed by atoms with E-state index >= 15 is 0 Å². The number of aromatic nitrogens is 2. The number of rotatable bonds is 3. The van der Waals surface area contributed by atoms with Crippen molar-refractivity contribution >= 4 is 50.6 Å². The molecule has 1 aromatic heterocycles. The molecule has 0 radical (unpaired) electrons. The van der Waals surface area contributed by atoms with Gasteiger partial charge in [0.15, 0.2) is 0 Å². The molecule has 1 N–H and O–H groups in total. The number of anilines is 1. The number of hydrogen-bond acceptors (Lipinski definition) is 4. The molecular formula is C12H10Cl3N3O2S. The summed E-state index contributed by atoms with van der Waals surface area (Å²) in [6, 6.07) is 2.99. The van der Waals surface area contributed by atoms with Gasteiger partial charge in [-0.3, -0.25) is 4.72 Å². The molecule has 0 amide bonds. The van der Waals surface area contributed by atoms with Crippen molar-refractivity contribution < 1.29 is 8.42 Å². The fourth-order valence-electron chi connectivity index (χ4n) is 1.71. The lowest BCUT2D eigenvalue weighted by molar-refractivity contribution is 0.600. The molecule has 0 fully saturated rings. The highest BCUT2D eigenvalue weighted by Gasteiger charge is 2.24. The first-order chi connectivity index (χ1) is 9.72. The van der Waals surface area contributed by atoms with E-state index in [0.717, 1.165) is 0 Å². The second-order valence-corrected chi connectivity index (χ2v) is 7.00. The highest BCUT2D eigenvalue weighted by atomic mass is 35.5. The van der Waals surface area contributed by atoms with Gasteiger partial charge in [0.2, 0.25) is 5.28 Å². The van der Waals surface area contributed by atoms with Crippen molar-refractivity contribution in [2.75, 3.05) is 4.72 Å². The van der Waals surface area contributed by atoms with Gasteiger partial charge in [-0.05, 0) is 48.7 Å². The van der Waals surface area contributed by atoms with Crippen LogP contribution in [0.1, 0.15) is 11.1 Å². The van der Waals surface area contributed by atoms with Gasteiger partial charge in [-0.25, -0.2) is 13.4 Å². The van der Waals surface area contributed by atoms with E-state index < -0.39 is 10.0 Å². The predicted octanol–water partition coefficient (Wildman–Crippen LogP) is 3.85. The van der Waals surface area contributed by atoms with Gasteiger partial charge in [-0.1, -0.05) is 23.2 Å². The number of nitrogens with zero attached hydrogens (tertiary/aromatic N) is 2. The van der Waals surface area contributed by atoms with Crippen molar-refractivity contribution in [3.63, 3.8) is 0 Å². The molecule has 0 spiro atoms. The van der Waals surface area contributed by atoms with Crippen LogP contribution in [0.15, 0.2) is 23.2 Å².